The van der Waals surface area contributed by atoms with Crippen molar-refractivity contribution in [3.63, 3.8) is 0 Å². The maximum atomic E-state index is 6.17. The van der Waals surface area contributed by atoms with E-state index in [0.29, 0.717) is 5.92 Å². The lowest BCUT2D eigenvalue weighted by Gasteiger charge is -2.26. The fourth-order valence-electron chi connectivity index (χ4n) is 2.36. The second-order valence-electron chi connectivity index (χ2n) is 5.14. The van der Waals surface area contributed by atoms with Gasteiger partial charge in [-0.2, -0.15) is 0 Å². The van der Waals surface area contributed by atoms with E-state index in [1.54, 1.807) is 0 Å². The van der Waals surface area contributed by atoms with Crippen LogP contribution in [0.15, 0.2) is 18.2 Å². The van der Waals surface area contributed by atoms with Gasteiger partial charge in [0.1, 0.15) is 0 Å². The van der Waals surface area contributed by atoms with Crippen LogP contribution in [-0.4, -0.2) is 5.54 Å². The molecule has 1 atom stereocenters. The van der Waals surface area contributed by atoms with E-state index in [1.807, 2.05) is 0 Å². The van der Waals surface area contributed by atoms with Crippen LogP contribution in [0.3, 0.4) is 0 Å². The summed E-state index contributed by atoms with van der Waals surface area (Å²) >= 11 is 0. The van der Waals surface area contributed by atoms with Gasteiger partial charge in [-0.3, -0.25) is 0 Å². The third-order valence-electron chi connectivity index (χ3n) is 3.48. The van der Waals surface area contributed by atoms with Crippen LogP contribution < -0.4 is 5.73 Å². The van der Waals surface area contributed by atoms with Gasteiger partial charge in [-0.15, -0.1) is 0 Å². The summed E-state index contributed by atoms with van der Waals surface area (Å²) in [6.07, 6.45) is 2.31. The van der Waals surface area contributed by atoms with Crippen molar-refractivity contribution in [2.75, 3.05) is 0 Å². The van der Waals surface area contributed by atoms with Gasteiger partial charge >= 0.3 is 0 Å². The van der Waals surface area contributed by atoms with Crippen LogP contribution in [0.5, 0.6) is 0 Å². The number of rotatable bonds is 1. The summed E-state index contributed by atoms with van der Waals surface area (Å²) in [4.78, 5) is 0. The lowest BCUT2D eigenvalue weighted by molar-refractivity contribution is 0.333. The van der Waals surface area contributed by atoms with E-state index in [-0.39, 0.29) is 5.54 Å². The molecule has 0 radical (unpaired) electrons. The molecule has 1 nitrogen and oxygen atoms in total. The van der Waals surface area contributed by atoms with E-state index < -0.39 is 0 Å². The molecule has 0 amide bonds. The van der Waals surface area contributed by atoms with Crippen molar-refractivity contribution < 1.29 is 0 Å². The molecule has 1 aromatic rings. The minimum absolute atomic E-state index is 0.0501. The summed E-state index contributed by atoms with van der Waals surface area (Å²) < 4.78 is 0. The van der Waals surface area contributed by atoms with E-state index in [1.165, 1.54) is 16.7 Å². The maximum Gasteiger partial charge on any atom is 0.0132 e. The van der Waals surface area contributed by atoms with Crippen molar-refractivity contribution in [1.82, 2.24) is 0 Å². The first-order chi connectivity index (χ1) is 6.48. The fourth-order valence-corrected chi connectivity index (χ4v) is 2.36. The van der Waals surface area contributed by atoms with Crippen LogP contribution in [0.4, 0.5) is 0 Å². The van der Waals surface area contributed by atoms with E-state index in [2.05, 4.69) is 39.0 Å². The Kier molecular flexibility index (Phi) is 2.15. The largest absolute Gasteiger partial charge is 0.325 e. The molecule has 2 N–H and O–H groups in total. The number of benzene rings is 1. The summed E-state index contributed by atoms with van der Waals surface area (Å²) in [5.74, 6) is 0.610. The highest BCUT2D eigenvalue weighted by molar-refractivity contribution is 5.39. The van der Waals surface area contributed by atoms with Gasteiger partial charge in [0, 0.05) is 5.54 Å². The van der Waals surface area contributed by atoms with Crippen LogP contribution in [0, 0.1) is 12.8 Å². The Labute approximate surface area is 86.3 Å². The van der Waals surface area contributed by atoms with Gasteiger partial charge in [0.05, 0.1) is 0 Å². The van der Waals surface area contributed by atoms with Crippen molar-refractivity contribution in [1.29, 1.82) is 0 Å². The quantitative estimate of drug-likeness (QED) is 0.721. The molecular formula is C13H19N. The molecule has 1 heteroatoms. The first-order valence-corrected chi connectivity index (χ1v) is 5.34. The van der Waals surface area contributed by atoms with E-state index >= 15 is 0 Å². The lowest BCUT2D eigenvalue weighted by atomic mass is 9.86. The molecule has 0 spiro atoms. The predicted octanol–water partition coefficient (Wildman–Crippen LogP) is 2.45. The first kappa shape index (κ1) is 9.72. The summed E-state index contributed by atoms with van der Waals surface area (Å²) in [7, 11) is 0. The Balaban J connectivity index is 2.31. The highest BCUT2D eigenvalue weighted by Gasteiger charge is 2.31. The van der Waals surface area contributed by atoms with Crippen LogP contribution in [0.1, 0.15) is 30.5 Å². The number of fused-ring (bicyclic) bond motifs is 1. The molecule has 0 aromatic heterocycles. The van der Waals surface area contributed by atoms with Gasteiger partial charge in [-0.1, -0.05) is 18.2 Å². The third-order valence-corrected chi connectivity index (χ3v) is 3.48. The minimum Gasteiger partial charge on any atom is -0.325 e. The van der Waals surface area contributed by atoms with E-state index in [0.717, 1.165) is 12.8 Å². The van der Waals surface area contributed by atoms with Crippen molar-refractivity contribution in [2.24, 2.45) is 11.7 Å². The van der Waals surface area contributed by atoms with Gasteiger partial charge in [0.15, 0.2) is 0 Å². The average molecular weight is 189 g/mol. The normalized spacial score (nSPS) is 21.0. The number of nitrogens with two attached hydrogens (primary N) is 1. The maximum absolute atomic E-state index is 6.17. The summed E-state index contributed by atoms with van der Waals surface area (Å²) in [6, 6.07) is 6.60. The molecule has 1 aromatic carbocycles. The first-order valence-electron chi connectivity index (χ1n) is 5.34. The third kappa shape index (κ3) is 1.57. The van der Waals surface area contributed by atoms with Crippen molar-refractivity contribution in [3.8, 4) is 0 Å². The zero-order valence-corrected chi connectivity index (χ0v) is 9.30. The monoisotopic (exact) mass is 189 g/mol. The van der Waals surface area contributed by atoms with E-state index in [9.17, 15) is 0 Å². The Morgan fingerprint density at radius 3 is 2.57 bits per heavy atom. The van der Waals surface area contributed by atoms with Gasteiger partial charge in [0.2, 0.25) is 0 Å². The number of hydrogen-bond donors (Lipinski definition) is 1. The molecule has 14 heavy (non-hydrogen) atoms. The Bertz CT molecular complexity index is 347. The molecule has 0 saturated carbocycles. The number of aryl methyl sites for hydroxylation is 1. The van der Waals surface area contributed by atoms with Gasteiger partial charge in [-0.05, 0) is 56.2 Å². The molecule has 2 rings (SSSR count). The highest BCUT2D eigenvalue weighted by atomic mass is 14.7. The lowest BCUT2D eigenvalue weighted by Crippen LogP contribution is -2.41. The Morgan fingerprint density at radius 1 is 1.29 bits per heavy atom. The molecular weight excluding hydrogens is 170 g/mol. The molecule has 0 aliphatic heterocycles. The second kappa shape index (κ2) is 3.09. The van der Waals surface area contributed by atoms with Crippen LogP contribution >= 0.6 is 0 Å². The van der Waals surface area contributed by atoms with Gasteiger partial charge in [-0.25, -0.2) is 0 Å². The highest BCUT2D eigenvalue weighted by Crippen LogP contribution is 2.33. The average Bonchev–Trinajstić information content (AvgIpc) is 2.48. The van der Waals surface area contributed by atoms with Gasteiger partial charge in [0.25, 0.3) is 0 Å². The Morgan fingerprint density at radius 2 is 2.00 bits per heavy atom. The summed E-state index contributed by atoms with van der Waals surface area (Å²) in [6.45, 7) is 6.47. The molecule has 1 unspecified atom stereocenters. The van der Waals surface area contributed by atoms with Crippen molar-refractivity contribution in [3.05, 3.63) is 34.9 Å². The Hall–Kier alpha value is -0.820. The minimum atomic E-state index is -0.0501. The molecule has 1 aliphatic rings. The van der Waals surface area contributed by atoms with Crippen LogP contribution in [-0.2, 0) is 12.8 Å². The fraction of sp³-hybridized carbons (Fsp3) is 0.538. The van der Waals surface area contributed by atoms with Gasteiger partial charge < -0.3 is 5.73 Å². The topological polar surface area (TPSA) is 26.0 Å². The summed E-state index contributed by atoms with van der Waals surface area (Å²) in [5.41, 5.74) is 10.6. The van der Waals surface area contributed by atoms with Crippen LogP contribution in [0.2, 0.25) is 0 Å². The van der Waals surface area contributed by atoms with E-state index in [4.69, 9.17) is 5.73 Å². The molecule has 76 valence electrons. The zero-order chi connectivity index (χ0) is 10.3. The van der Waals surface area contributed by atoms with Crippen LogP contribution in [0.25, 0.3) is 0 Å². The predicted molar refractivity (Wildman–Crippen MR) is 60.3 cm³/mol. The molecule has 0 fully saturated rings. The molecule has 0 heterocycles. The van der Waals surface area contributed by atoms with Crippen molar-refractivity contribution in [2.45, 2.75) is 39.2 Å². The summed E-state index contributed by atoms with van der Waals surface area (Å²) in [5, 5.41) is 0. The molecule has 0 bridgehead atoms. The smallest absolute Gasteiger partial charge is 0.0132 e. The second-order valence-corrected chi connectivity index (χ2v) is 5.14. The number of hydrogen-bond acceptors (Lipinski definition) is 1. The molecule has 0 saturated heterocycles. The SMILES string of the molecule is Cc1cccc2c1CC(C(C)(C)N)C2. The molecule has 1 aliphatic carbocycles. The van der Waals surface area contributed by atoms with Crippen molar-refractivity contribution >= 4 is 0 Å². The zero-order valence-electron chi connectivity index (χ0n) is 9.30. The standard InChI is InChI=1S/C13H19N/c1-9-5-4-6-10-7-11(8-12(9)10)13(2,3)14/h4-6,11H,7-8,14H2,1-3H3.